The van der Waals surface area contributed by atoms with Crippen LogP contribution in [0.3, 0.4) is 0 Å². The Labute approximate surface area is 123 Å². The fourth-order valence-electron chi connectivity index (χ4n) is 1.55. The molecule has 0 aliphatic carbocycles. The number of aliphatic hydroxyl groups is 1. The van der Waals surface area contributed by atoms with Crippen LogP contribution in [0.5, 0.6) is 5.75 Å². The number of ether oxygens (including phenoxy) is 1. The Morgan fingerprint density at radius 1 is 1.21 bits per heavy atom. The molecule has 0 saturated heterocycles. The van der Waals surface area contributed by atoms with E-state index in [9.17, 15) is 4.39 Å². The number of aliphatic hydroxyl groups excluding tert-OH is 1. The molecule has 2 aromatic carbocycles. The van der Waals surface area contributed by atoms with E-state index in [4.69, 9.17) is 21.4 Å². The second kappa shape index (κ2) is 6.37. The SMILES string of the molecule is OCc1ccc(OCc2ccc(Br)cc2F)c(Cl)c1. The first-order valence-electron chi connectivity index (χ1n) is 5.56. The number of halogens is 3. The van der Waals surface area contributed by atoms with Crippen LogP contribution in [0.15, 0.2) is 40.9 Å². The lowest BCUT2D eigenvalue weighted by Crippen LogP contribution is -1.99. The molecule has 0 bridgehead atoms. The largest absolute Gasteiger partial charge is 0.487 e. The number of hydrogen-bond donors (Lipinski definition) is 1. The molecule has 0 unspecified atom stereocenters. The van der Waals surface area contributed by atoms with Crippen molar-refractivity contribution in [3.8, 4) is 5.75 Å². The molecule has 2 aromatic rings. The fraction of sp³-hybridized carbons (Fsp3) is 0.143. The van der Waals surface area contributed by atoms with Crippen molar-refractivity contribution in [3.05, 3.63) is 62.8 Å². The lowest BCUT2D eigenvalue weighted by molar-refractivity contribution is 0.280. The third kappa shape index (κ3) is 3.69. The zero-order valence-electron chi connectivity index (χ0n) is 9.87. The minimum absolute atomic E-state index is 0.0820. The van der Waals surface area contributed by atoms with Gasteiger partial charge in [0.1, 0.15) is 18.2 Å². The van der Waals surface area contributed by atoms with Crippen LogP contribution in [0.4, 0.5) is 4.39 Å². The molecule has 0 radical (unpaired) electrons. The van der Waals surface area contributed by atoms with Gasteiger partial charge in [-0.05, 0) is 29.8 Å². The Morgan fingerprint density at radius 3 is 2.63 bits per heavy atom. The minimum atomic E-state index is -0.336. The van der Waals surface area contributed by atoms with E-state index in [2.05, 4.69) is 15.9 Å². The fourth-order valence-corrected chi connectivity index (χ4v) is 2.14. The van der Waals surface area contributed by atoms with Crippen molar-refractivity contribution in [1.29, 1.82) is 0 Å². The highest BCUT2D eigenvalue weighted by Gasteiger charge is 2.06. The van der Waals surface area contributed by atoms with Gasteiger partial charge in [0, 0.05) is 10.0 Å². The first-order valence-corrected chi connectivity index (χ1v) is 6.73. The third-order valence-electron chi connectivity index (χ3n) is 2.58. The van der Waals surface area contributed by atoms with Crippen LogP contribution in [-0.4, -0.2) is 5.11 Å². The molecule has 19 heavy (non-hydrogen) atoms. The van der Waals surface area contributed by atoms with Crippen molar-refractivity contribution in [2.75, 3.05) is 0 Å². The van der Waals surface area contributed by atoms with E-state index in [1.54, 1.807) is 30.3 Å². The van der Waals surface area contributed by atoms with Crippen LogP contribution >= 0.6 is 27.5 Å². The molecule has 0 aliphatic heterocycles. The Bertz CT molecular complexity index is 590. The lowest BCUT2D eigenvalue weighted by Gasteiger charge is -2.10. The second-order valence-corrected chi connectivity index (χ2v) is 5.27. The highest BCUT2D eigenvalue weighted by molar-refractivity contribution is 9.10. The summed E-state index contributed by atoms with van der Waals surface area (Å²) in [5, 5.41) is 9.36. The van der Waals surface area contributed by atoms with Crippen LogP contribution in [-0.2, 0) is 13.2 Å². The quantitative estimate of drug-likeness (QED) is 0.894. The first-order chi connectivity index (χ1) is 9.10. The van der Waals surface area contributed by atoms with E-state index in [0.717, 1.165) is 0 Å². The Balaban J connectivity index is 2.10. The molecule has 0 amide bonds. The normalized spacial score (nSPS) is 10.5. The summed E-state index contributed by atoms with van der Waals surface area (Å²) >= 11 is 9.20. The molecule has 0 aliphatic rings. The van der Waals surface area contributed by atoms with Crippen LogP contribution in [0.25, 0.3) is 0 Å². The molecule has 100 valence electrons. The van der Waals surface area contributed by atoms with Gasteiger partial charge in [0.2, 0.25) is 0 Å². The maximum absolute atomic E-state index is 13.6. The number of rotatable bonds is 4. The summed E-state index contributed by atoms with van der Waals surface area (Å²) in [5.74, 6) is 0.124. The molecule has 2 nitrogen and oxygen atoms in total. The van der Waals surface area contributed by atoms with Gasteiger partial charge in [-0.2, -0.15) is 0 Å². The summed E-state index contributed by atoms with van der Waals surface area (Å²) in [7, 11) is 0. The molecule has 5 heteroatoms. The second-order valence-electron chi connectivity index (χ2n) is 3.95. The molecule has 1 N–H and O–H groups in total. The molecule has 0 atom stereocenters. The van der Waals surface area contributed by atoms with E-state index >= 15 is 0 Å². The first kappa shape index (κ1) is 14.3. The summed E-state index contributed by atoms with van der Waals surface area (Å²) in [6.45, 7) is 0.0125. The monoisotopic (exact) mass is 344 g/mol. The van der Waals surface area contributed by atoms with Gasteiger partial charge in [-0.25, -0.2) is 4.39 Å². The van der Waals surface area contributed by atoms with E-state index in [1.807, 2.05) is 0 Å². The van der Waals surface area contributed by atoms with Gasteiger partial charge in [-0.3, -0.25) is 0 Å². The van der Waals surface area contributed by atoms with Crippen molar-refractivity contribution in [3.63, 3.8) is 0 Å². The zero-order valence-corrected chi connectivity index (χ0v) is 12.2. The van der Waals surface area contributed by atoms with Crippen LogP contribution in [0.2, 0.25) is 5.02 Å². The van der Waals surface area contributed by atoms with Gasteiger partial charge < -0.3 is 9.84 Å². The smallest absolute Gasteiger partial charge is 0.138 e. The summed E-state index contributed by atoms with van der Waals surface area (Å²) < 4.78 is 19.8. The van der Waals surface area contributed by atoms with Crippen LogP contribution < -0.4 is 4.74 Å². The molecular weight excluding hydrogens is 335 g/mol. The van der Waals surface area contributed by atoms with Crippen LogP contribution in [0.1, 0.15) is 11.1 Å². The summed E-state index contributed by atoms with van der Waals surface area (Å²) in [4.78, 5) is 0. The third-order valence-corrected chi connectivity index (χ3v) is 3.37. The molecule has 0 spiro atoms. The van der Waals surface area contributed by atoms with E-state index in [0.29, 0.717) is 26.4 Å². The highest BCUT2D eigenvalue weighted by atomic mass is 79.9. The summed E-state index contributed by atoms with van der Waals surface area (Å²) in [6.07, 6.45) is 0. The van der Waals surface area contributed by atoms with Crippen molar-refractivity contribution < 1.29 is 14.2 Å². The van der Waals surface area contributed by atoms with Crippen molar-refractivity contribution in [2.45, 2.75) is 13.2 Å². The number of hydrogen-bond acceptors (Lipinski definition) is 2. The number of benzene rings is 2. The average Bonchev–Trinajstić information content (AvgIpc) is 2.39. The van der Waals surface area contributed by atoms with Gasteiger partial charge in [0.15, 0.2) is 0 Å². The van der Waals surface area contributed by atoms with E-state index in [-0.39, 0.29) is 19.0 Å². The van der Waals surface area contributed by atoms with Gasteiger partial charge in [0.25, 0.3) is 0 Å². The molecule has 0 aromatic heterocycles. The van der Waals surface area contributed by atoms with Crippen molar-refractivity contribution in [2.24, 2.45) is 0 Å². The maximum Gasteiger partial charge on any atom is 0.138 e. The topological polar surface area (TPSA) is 29.5 Å². The predicted octanol–water partition coefficient (Wildman–Crippen LogP) is 4.31. The zero-order chi connectivity index (χ0) is 13.8. The van der Waals surface area contributed by atoms with Gasteiger partial charge in [0.05, 0.1) is 11.6 Å². The minimum Gasteiger partial charge on any atom is -0.487 e. The molecule has 0 heterocycles. The predicted molar refractivity (Wildman–Crippen MR) is 75.8 cm³/mol. The highest BCUT2D eigenvalue weighted by Crippen LogP contribution is 2.27. The van der Waals surface area contributed by atoms with E-state index < -0.39 is 0 Å². The van der Waals surface area contributed by atoms with Crippen molar-refractivity contribution >= 4 is 27.5 Å². The molecule has 2 rings (SSSR count). The summed E-state index contributed by atoms with van der Waals surface area (Å²) in [6, 6.07) is 9.77. The molecule has 0 fully saturated rings. The van der Waals surface area contributed by atoms with Gasteiger partial charge in [-0.15, -0.1) is 0 Å². The van der Waals surface area contributed by atoms with Crippen LogP contribution in [0, 0.1) is 5.82 Å². The van der Waals surface area contributed by atoms with Gasteiger partial charge in [-0.1, -0.05) is 39.7 Å². The Kier molecular flexibility index (Phi) is 4.80. The standard InChI is InChI=1S/C14H11BrClFO2/c15-11-3-2-10(13(17)6-11)8-19-14-4-1-9(7-18)5-12(14)16/h1-6,18H,7-8H2. The molecule has 0 saturated carbocycles. The van der Waals surface area contributed by atoms with Crippen molar-refractivity contribution in [1.82, 2.24) is 0 Å². The Morgan fingerprint density at radius 2 is 2.00 bits per heavy atom. The Hall–Kier alpha value is -1.10. The van der Waals surface area contributed by atoms with Gasteiger partial charge >= 0.3 is 0 Å². The maximum atomic E-state index is 13.6. The summed E-state index contributed by atoms with van der Waals surface area (Å²) in [5.41, 5.74) is 1.15. The molecular formula is C14H11BrClFO2. The van der Waals surface area contributed by atoms with E-state index in [1.165, 1.54) is 6.07 Å². The average molecular weight is 346 g/mol. The lowest BCUT2D eigenvalue weighted by atomic mass is 10.2.